The summed E-state index contributed by atoms with van der Waals surface area (Å²) in [5.74, 6) is -0.359. The number of aromatic amines is 1. The van der Waals surface area contributed by atoms with E-state index in [0.717, 1.165) is 22.6 Å². The summed E-state index contributed by atoms with van der Waals surface area (Å²) in [6.07, 6.45) is 1.52. The highest BCUT2D eigenvalue weighted by Crippen LogP contribution is 2.23. The molecule has 0 spiro atoms. The van der Waals surface area contributed by atoms with Gasteiger partial charge in [-0.2, -0.15) is 0 Å². The van der Waals surface area contributed by atoms with E-state index >= 15 is 0 Å². The van der Waals surface area contributed by atoms with Gasteiger partial charge in [-0.25, -0.2) is 14.5 Å². The summed E-state index contributed by atoms with van der Waals surface area (Å²) in [4.78, 5) is 46.0. The normalized spacial score (nSPS) is 10.9. The molecule has 10 nitrogen and oxygen atoms in total. The number of H-pyrrole nitrogens is 1. The van der Waals surface area contributed by atoms with Crippen LogP contribution in [0.3, 0.4) is 0 Å². The van der Waals surface area contributed by atoms with E-state index in [-0.39, 0.29) is 17.3 Å². The maximum Gasteiger partial charge on any atom is 0.330 e. The van der Waals surface area contributed by atoms with E-state index in [1.54, 1.807) is 4.68 Å². The van der Waals surface area contributed by atoms with Crippen LogP contribution >= 0.6 is 0 Å². The van der Waals surface area contributed by atoms with E-state index in [1.165, 1.54) is 11.6 Å². The van der Waals surface area contributed by atoms with Gasteiger partial charge in [-0.05, 0) is 18.6 Å². The quantitative estimate of drug-likeness (QED) is 0.436. The van der Waals surface area contributed by atoms with Crippen LogP contribution in [0.1, 0.15) is 30.4 Å². The lowest BCUT2D eigenvalue weighted by Crippen LogP contribution is -2.39. The van der Waals surface area contributed by atoms with Gasteiger partial charge in [0, 0.05) is 19.2 Å². The third kappa shape index (κ3) is 4.25. The average Bonchev–Trinajstić information content (AvgIpc) is 3.30. The number of para-hydroxylation sites is 1. The molecule has 2 aromatic heterocycles. The zero-order valence-electron chi connectivity index (χ0n) is 18.9. The van der Waals surface area contributed by atoms with Crippen LogP contribution in [0.5, 0.6) is 0 Å². The predicted octanol–water partition coefficient (Wildman–Crippen LogP) is 2.44. The smallest absolute Gasteiger partial charge is 0.330 e. The summed E-state index contributed by atoms with van der Waals surface area (Å²) in [5.41, 5.74) is 6.16. The van der Waals surface area contributed by atoms with Gasteiger partial charge < -0.3 is 10.6 Å². The van der Waals surface area contributed by atoms with Gasteiger partial charge in [0.15, 0.2) is 11.5 Å². The Hall–Kier alpha value is -4.47. The summed E-state index contributed by atoms with van der Waals surface area (Å²) >= 11 is 0. The number of nitrogens with zero attached hydrogens (tertiary/aromatic N) is 5. The van der Waals surface area contributed by atoms with Gasteiger partial charge in [-0.15, -0.1) is 5.10 Å². The van der Waals surface area contributed by atoms with Crippen LogP contribution in [0.2, 0.25) is 0 Å². The van der Waals surface area contributed by atoms with Crippen LogP contribution in [-0.4, -0.2) is 37.3 Å². The Kier molecular flexibility index (Phi) is 6.39. The van der Waals surface area contributed by atoms with Crippen molar-refractivity contribution in [1.82, 2.24) is 24.3 Å². The summed E-state index contributed by atoms with van der Waals surface area (Å²) in [6.45, 7) is 2.30. The van der Waals surface area contributed by atoms with Gasteiger partial charge >= 0.3 is 5.69 Å². The van der Waals surface area contributed by atoms with Crippen molar-refractivity contribution < 1.29 is 4.79 Å². The Balaban J connectivity index is 1.79. The Labute approximate surface area is 195 Å². The summed E-state index contributed by atoms with van der Waals surface area (Å²) in [7, 11) is 1.41. The Morgan fingerprint density at radius 1 is 1.06 bits per heavy atom. The molecule has 0 unspecified atom stereocenters. The lowest BCUT2D eigenvalue weighted by molar-refractivity contribution is 0.0983. The topological polar surface area (TPSA) is 132 Å². The molecule has 1 amide bonds. The van der Waals surface area contributed by atoms with Crippen molar-refractivity contribution in [2.75, 3.05) is 17.7 Å². The summed E-state index contributed by atoms with van der Waals surface area (Å²) in [5, 5.41) is 4.45. The van der Waals surface area contributed by atoms with Crippen molar-refractivity contribution in [3.63, 3.8) is 0 Å². The van der Waals surface area contributed by atoms with Crippen molar-refractivity contribution in [2.24, 2.45) is 0 Å². The molecule has 174 valence electrons. The fourth-order valence-electron chi connectivity index (χ4n) is 3.62. The van der Waals surface area contributed by atoms with E-state index in [9.17, 15) is 14.4 Å². The predicted molar refractivity (Wildman–Crippen MR) is 130 cm³/mol. The molecule has 0 saturated carbocycles. The molecule has 4 rings (SSSR count). The molecule has 2 aromatic carbocycles. The number of nitrogen functional groups attached to an aromatic ring is 1. The molecule has 0 atom stereocenters. The number of nitrogens with one attached hydrogen (secondary N) is 1. The molecular weight excluding hydrogens is 434 g/mol. The number of amides is 1. The highest BCUT2D eigenvalue weighted by Gasteiger charge is 2.26. The third-order valence-corrected chi connectivity index (χ3v) is 5.42. The fourth-order valence-corrected chi connectivity index (χ4v) is 3.62. The molecule has 34 heavy (non-hydrogen) atoms. The number of carbonyl (C=O) groups excluding carboxylic acids is 1. The molecule has 0 aliphatic rings. The maximum absolute atomic E-state index is 13.4. The highest BCUT2D eigenvalue weighted by molar-refractivity contribution is 6.04. The van der Waals surface area contributed by atoms with E-state index in [4.69, 9.17) is 5.73 Å². The second-order valence-corrected chi connectivity index (χ2v) is 7.73. The second kappa shape index (κ2) is 9.57. The van der Waals surface area contributed by atoms with Crippen molar-refractivity contribution in [1.29, 1.82) is 0 Å². The standard InChI is InChI=1S/C24H25N7O3/c1-3-4-15-30-19(25)18(22(32)27-24(30)34)29(2)23(33)20-26-21(16-11-7-5-8-12-16)31(28-20)17-13-9-6-10-14-17/h5-14H,3-4,15,25H2,1-2H3,(H,27,32,34). The Morgan fingerprint density at radius 2 is 1.71 bits per heavy atom. The number of unbranched alkanes of at least 4 members (excludes halogenated alkanes) is 1. The number of benzene rings is 2. The molecule has 3 N–H and O–H groups in total. The molecule has 0 aliphatic carbocycles. The molecule has 0 bridgehead atoms. The molecule has 0 fully saturated rings. The summed E-state index contributed by atoms with van der Waals surface area (Å²) in [6, 6.07) is 18.7. The van der Waals surface area contributed by atoms with Gasteiger partial charge in [0.25, 0.3) is 11.5 Å². The average molecular weight is 460 g/mol. The minimum atomic E-state index is -0.753. The highest BCUT2D eigenvalue weighted by atomic mass is 16.2. The fraction of sp³-hybridized carbons (Fsp3) is 0.208. The van der Waals surface area contributed by atoms with Crippen LogP contribution in [0.4, 0.5) is 11.5 Å². The van der Waals surface area contributed by atoms with E-state index in [0.29, 0.717) is 18.8 Å². The van der Waals surface area contributed by atoms with Crippen molar-refractivity contribution in [2.45, 2.75) is 26.3 Å². The van der Waals surface area contributed by atoms with Gasteiger partial charge in [0.05, 0.1) is 5.69 Å². The number of hydrogen-bond acceptors (Lipinski definition) is 6. The van der Waals surface area contributed by atoms with Crippen LogP contribution < -0.4 is 21.9 Å². The lowest BCUT2D eigenvalue weighted by atomic mass is 10.2. The largest absolute Gasteiger partial charge is 0.383 e. The number of carbonyl (C=O) groups is 1. The molecule has 0 radical (unpaired) electrons. The van der Waals surface area contributed by atoms with Crippen LogP contribution in [0.15, 0.2) is 70.3 Å². The van der Waals surface area contributed by atoms with Crippen molar-refractivity contribution in [3.05, 3.63) is 87.3 Å². The Bertz CT molecular complexity index is 1370. The number of rotatable bonds is 7. The number of anilines is 2. The monoisotopic (exact) mass is 459 g/mol. The zero-order valence-corrected chi connectivity index (χ0v) is 18.9. The van der Waals surface area contributed by atoms with Gasteiger partial charge in [-0.3, -0.25) is 19.1 Å². The first kappa shape index (κ1) is 22.7. The Morgan fingerprint density at radius 3 is 2.35 bits per heavy atom. The molecular formula is C24H25N7O3. The van der Waals surface area contributed by atoms with Gasteiger partial charge in [0.2, 0.25) is 5.82 Å². The first-order chi connectivity index (χ1) is 16.4. The van der Waals surface area contributed by atoms with Crippen LogP contribution in [0.25, 0.3) is 17.1 Å². The number of aromatic nitrogens is 5. The van der Waals surface area contributed by atoms with E-state index in [1.807, 2.05) is 67.6 Å². The van der Waals surface area contributed by atoms with Gasteiger partial charge in [0.1, 0.15) is 5.82 Å². The van der Waals surface area contributed by atoms with Gasteiger partial charge in [-0.1, -0.05) is 61.9 Å². The molecule has 2 heterocycles. The first-order valence-corrected chi connectivity index (χ1v) is 10.9. The zero-order chi connectivity index (χ0) is 24.2. The van der Waals surface area contributed by atoms with Crippen molar-refractivity contribution >= 4 is 17.4 Å². The van der Waals surface area contributed by atoms with Crippen molar-refractivity contribution in [3.8, 4) is 17.1 Å². The first-order valence-electron chi connectivity index (χ1n) is 10.9. The lowest BCUT2D eigenvalue weighted by Gasteiger charge is -2.19. The molecule has 4 aromatic rings. The molecule has 0 saturated heterocycles. The third-order valence-electron chi connectivity index (χ3n) is 5.42. The maximum atomic E-state index is 13.4. The second-order valence-electron chi connectivity index (χ2n) is 7.73. The number of hydrogen-bond donors (Lipinski definition) is 2. The minimum absolute atomic E-state index is 0.0798. The van der Waals surface area contributed by atoms with E-state index in [2.05, 4.69) is 15.1 Å². The molecule has 10 heteroatoms. The number of nitrogens with two attached hydrogens (primary N) is 1. The minimum Gasteiger partial charge on any atom is -0.383 e. The van der Waals surface area contributed by atoms with Crippen LogP contribution in [-0.2, 0) is 6.54 Å². The van der Waals surface area contributed by atoms with E-state index < -0.39 is 17.2 Å². The summed E-state index contributed by atoms with van der Waals surface area (Å²) < 4.78 is 2.83. The van der Waals surface area contributed by atoms with Crippen LogP contribution in [0, 0.1) is 0 Å². The SMILES string of the molecule is CCCCn1c(N)c(N(C)C(=O)c2nc(-c3ccccc3)n(-c3ccccc3)n2)c(=O)[nH]c1=O. The molecule has 0 aliphatic heterocycles.